The number of piperidine rings is 1. The molecule has 6 heteroatoms. The molecule has 0 radical (unpaired) electrons. The standard InChI is InChI=1S/C22H25N5O/c1-16-12-17(6-7-23-16)22-27(10-11-28-22)21-13-18-15-24-25(2)19(18)14-20(21)26-8-4-3-5-9-26/h6-7,10-15,22H,3-5,8-9H2,1-2H3. The van der Waals surface area contributed by atoms with E-state index in [0.717, 1.165) is 40.9 Å². The summed E-state index contributed by atoms with van der Waals surface area (Å²) in [5, 5.41) is 5.60. The number of rotatable bonds is 3. The first-order valence-electron chi connectivity index (χ1n) is 9.94. The van der Waals surface area contributed by atoms with Gasteiger partial charge in [-0.2, -0.15) is 5.10 Å². The van der Waals surface area contributed by atoms with Crippen LogP contribution in [0.5, 0.6) is 0 Å². The molecule has 1 saturated heterocycles. The van der Waals surface area contributed by atoms with Crippen molar-refractivity contribution in [1.29, 1.82) is 0 Å². The van der Waals surface area contributed by atoms with E-state index in [4.69, 9.17) is 4.74 Å². The van der Waals surface area contributed by atoms with Crippen molar-refractivity contribution in [3.05, 3.63) is 60.4 Å². The second-order valence-electron chi connectivity index (χ2n) is 7.63. The summed E-state index contributed by atoms with van der Waals surface area (Å²) in [7, 11) is 2.00. The number of ether oxygens (including phenoxy) is 1. The van der Waals surface area contributed by atoms with Crippen molar-refractivity contribution in [3.8, 4) is 0 Å². The predicted molar refractivity (Wildman–Crippen MR) is 111 cm³/mol. The Labute approximate surface area is 165 Å². The molecule has 144 valence electrons. The number of hydrogen-bond donors (Lipinski definition) is 0. The monoisotopic (exact) mass is 375 g/mol. The molecule has 0 spiro atoms. The largest absolute Gasteiger partial charge is 0.472 e. The van der Waals surface area contributed by atoms with Gasteiger partial charge >= 0.3 is 0 Å². The molecule has 1 unspecified atom stereocenters. The van der Waals surface area contributed by atoms with Crippen molar-refractivity contribution in [2.75, 3.05) is 22.9 Å². The SMILES string of the molecule is Cc1cc(C2OC=CN2c2cc3cnn(C)c3cc2N2CCCCC2)ccn1. The Balaban J connectivity index is 1.62. The lowest BCUT2D eigenvalue weighted by Gasteiger charge is -2.34. The van der Waals surface area contributed by atoms with Crippen LogP contribution in [0, 0.1) is 6.92 Å². The van der Waals surface area contributed by atoms with Crippen LogP contribution < -0.4 is 9.80 Å². The number of fused-ring (bicyclic) bond motifs is 1. The van der Waals surface area contributed by atoms with Gasteiger partial charge in [0.2, 0.25) is 6.23 Å². The topological polar surface area (TPSA) is 46.4 Å². The molecule has 6 nitrogen and oxygen atoms in total. The lowest BCUT2D eigenvalue weighted by Crippen LogP contribution is -2.31. The Morgan fingerprint density at radius 1 is 1.07 bits per heavy atom. The second kappa shape index (κ2) is 6.86. The first kappa shape index (κ1) is 17.1. The molecule has 1 fully saturated rings. The first-order chi connectivity index (χ1) is 13.7. The highest BCUT2D eigenvalue weighted by Gasteiger charge is 2.28. The van der Waals surface area contributed by atoms with Crippen LogP contribution in [0.4, 0.5) is 11.4 Å². The van der Waals surface area contributed by atoms with Crippen molar-refractivity contribution in [1.82, 2.24) is 14.8 Å². The summed E-state index contributed by atoms with van der Waals surface area (Å²) in [5.74, 6) is 0. The number of pyridine rings is 1. The van der Waals surface area contributed by atoms with Gasteiger partial charge in [0.1, 0.15) is 6.26 Å². The van der Waals surface area contributed by atoms with E-state index in [2.05, 4.69) is 38.1 Å². The molecule has 1 atom stereocenters. The van der Waals surface area contributed by atoms with Crippen LogP contribution in [-0.4, -0.2) is 27.9 Å². The fourth-order valence-electron chi connectivity index (χ4n) is 4.26. The number of benzene rings is 1. The number of aromatic nitrogens is 3. The van der Waals surface area contributed by atoms with Crippen LogP contribution in [0.15, 0.2) is 49.1 Å². The number of nitrogens with zero attached hydrogens (tertiary/aromatic N) is 5. The Kier molecular flexibility index (Phi) is 4.19. The molecule has 1 aromatic carbocycles. The van der Waals surface area contributed by atoms with Crippen molar-refractivity contribution in [2.45, 2.75) is 32.4 Å². The third kappa shape index (κ3) is 2.89. The summed E-state index contributed by atoms with van der Waals surface area (Å²) in [6.07, 6.45) is 11.2. The van der Waals surface area contributed by atoms with E-state index < -0.39 is 0 Å². The van der Waals surface area contributed by atoms with E-state index in [0.29, 0.717) is 0 Å². The van der Waals surface area contributed by atoms with Gasteiger partial charge in [-0.1, -0.05) is 0 Å². The Morgan fingerprint density at radius 2 is 1.93 bits per heavy atom. The van der Waals surface area contributed by atoms with Gasteiger partial charge in [-0.3, -0.25) is 9.67 Å². The summed E-state index contributed by atoms with van der Waals surface area (Å²) in [4.78, 5) is 9.06. The van der Waals surface area contributed by atoms with Gasteiger partial charge in [0.15, 0.2) is 0 Å². The van der Waals surface area contributed by atoms with Gasteiger partial charge in [-0.15, -0.1) is 0 Å². The average molecular weight is 375 g/mol. The third-order valence-corrected chi connectivity index (χ3v) is 5.70. The van der Waals surface area contributed by atoms with E-state index >= 15 is 0 Å². The van der Waals surface area contributed by atoms with Crippen molar-refractivity contribution in [3.63, 3.8) is 0 Å². The summed E-state index contributed by atoms with van der Waals surface area (Å²) in [6.45, 7) is 4.19. The molecular weight excluding hydrogens is 350 g/mol. The van der Waals surface area contributed by atoms with Crippen LogP contribution in [0.2, 0.25) is 0 Å². The van der Waals surface area contributed by atoms with Crippen molar-refractivity contribution in [2.24, 2.45) is 7.05 Å². The molecule has 2 aliphatic heterocycles. The minimum absolute atomic E-state index is 0.181. The normalized spacial score (nSPS) is 19.4. The van der Waals surface area contributed by atoms with Gasteiger partial charge in [-0.05, 0) is 50.5 Å². The van der Waals surface area contributed by atoms with E-state index in [9.17, 15) is 0 Å². The van der Waals surface area contributed by atoms with Crippen molar-refractivity contribution < 1.29 is 4.74 Å². The van der Waals surface area contributed by atoms with Gasteiger partial charge in [0.05, 0.1) is 23.1 Å². The summed E-state index contributed by atoms with van der Waals surface area (Å²) >= 11 is 0. The summed E-state index contributed by atoms with van der Waals surface area (Å²) in [5.41, 5.74) is 5.67. The lowest BCUT2D eigenvalue weighted by molar-refractivity contribution is 0.174. The lowest BCUT2D eigenvalue weighted by atomic mass is 10.1. The molecule has 0 N–H and O–H groups in total. The molecule has 3 aromatic rings. The fourth-order valence-corrected chi connectivity index (χ4v) is 4.26. The molecular formula is C22H25N5O. The Morgan fingerprint density at radius 3 is 2.75 bits per heavy atom. The zero-order valence-electron chi connectivity index (χ0n) is 16.4. The molecule has 0 saturated carbocycles. The molecule has 0 amide bonds. The summed E-state index contributed by atoms with van der Waals surface area (Å²) < 4.78 is 7.95. The molecule has 28 heavy (non-hydrogen) atoms. The van der Waals surface area contributed by atoms with Gasteiger partial charge in [-0.25, -0.2) is 0 Å². The highest BCUT2D eigenvalue weighted by molar-refractivity contribution is 5.91. The zero-order valence-corrected chi connectivity index (χ0v) is 16.4. The van der Waals surface area contributed by atoms with Crippen LogP contribution in [0.1, 0.15) is 36.7 Å². The number of aryl methyl sites for hydroxylation is 2. The van der Waals surface area contributed by atoms with Crippen LogP contribution >= 0.6 is 0 Å². The molecule has 4 heterocycles. The van der Waals surface area contributed by atoms with Gasteiger partial charge in [0.25, 0.3) is 0 Å². The van der Waals surface area contributed by atoms with E-state index in [1.807, 2.05) is 43.3 Å². The maximum absolute atomic E-state index is 6.00. The summed E-state index contributed by atoms with van der Waals surface area (Å²) in [6, 6.07) is 8.64. The Bertz CT molecular complexity index is 1030. The Hall–Kier alpha value is -3.02. The second-order valence-corrected chi connectivity index (χ2v) is 7.63. The van der Waals surface area contributed by atoms with Crippen LogP contribution in [0.3, 0.4) is 0 Å². The van der Waals surface area contributed by atoms with E-state index in [-0.39, 0.29) is 6.23 Å². The average Bonchev–Trinajstić information content (AvgIpc) is 3.35. The smallest absolute Gasteiger partial charge is 0.202 e. The van der Waals surface area contributed by atoms with E-state index in [1.165, 1.54) is 24.9 Å². The van der Waals surface area contributed by atoms with Crippen molar-refractivity contribution >= 4 is 22.3 Å². The minimum atomic E-state index is -0.181. The third-order valence-electron chi connectivity index (χ3n) is 5.70. The maximum Gasteiger partial charge on any atom is 0.202 e. The minimum Gasteiger partial charge on any atom is -0.472 e. The maximum atomic E-state index is 6.00. The molecule has 0 aliphatic carbocycles. The fraction of sp³-hybridized carbons (Fsp3) is 0.364. The number of anilines is 2. The highest BCUT2D eigenvalue weighted by Crippen LogP contribution is 2.41. The van der Waals surface area contributed by atoms with Crippen LogP contribution in [-0.2, 0) is 11.8 Å². The quantitative estimate of drug-likeness (QED) is 0.684. The molecule has 5 rings (SSSR count). The van der Waals surface area contributed by atoms with Gasteiger partial charge in [0, 0.05) is 49.2 Å². The number of hydrogen-bond acceptors (Lipinski definition) is 5. The highest BCUT2D eigenvalue weighted by atomic mass is 16.5. The first-order valence-corrected chi connectivity index (χ1v) is 9.94. The predicted octanol–water partition coefficient (Wildman–Crippen LogP) is 4.27. The molecule has 0 bridgehead atoms. The molecule has 2 aromatic heterocycles. The van der Waals surface area contributed by atoms with E-state index in [1.54, 1.807) is 6.26 Å². The van der Waals surface area contributed by atoms with Gasteiger partial charge < -0.3 is 14.5 Å². The van der Waals surface area contributed by atoms with Crippen LogP contribution in [0.25, 0.3) is 10.9 Å². The zero-order chi connectivity index (χ0) is 19.1. The molecule has 2 aliphatic rings.